The number of rotatable bonds is 3. The van der Waals surface area contributed by atoms with E-state index in [0.717, 1.165) is 6.54 Å². The first-order chi connectivity index (χ1) is 8.56. The highest BCUT2D eigenvalue weighted by atomic mass is 79.9. The summed E-state index contributed by atoms with van der Waals surface area (Å²) in [5.74, 6) is 0. The number of hydrogen-bond donors (Lipinski definition) is 1. The Labute approximate surface area is 119 Å². The number of nitrogens with zero attached hydrogens (tertiary/aromatic N) is 1. The van der Waals surface area contributed by atoms with E-state index >= 15 is 0 Å². The minimum Gasteiger partial charge on any atom is -0.328 e. The quantitative estimate of drug-likeness (QED) is 0.926. The molecule has 0 unspecified atom stereocenters. The third-order valence-electron chi connectivity index (χ3n) is 3.99. The SMILES string of the molecule is Cc1ccc(CN(C)C2CCC(N)CC2)c(Br)c1. The molecular formula is C15H23BrN2. The molecule has 0 radical (unpaired) electrons. The molecule has 2 rings (SSSR count). The van der Waals surface area contributed by atoms with Crippen molar-refractivity contribution >= 4 is 15.9 Å². The van der Waals surface area contributed by atoms with E-state index in [2.05, 4.69) is 53.0 Å². The van der Waals surface area contributed by atoms with Gasteiger partial charge in [-0.15, -0.1) is 0 Å². The van der Waals surface area contributed by atoms with Crippen molar-refractivity contribution in [2.24, 2.45) is 5.73 Å². The van der Waals surface area contributed by atoms with Crippen LogP contribution in [0.15, 0.2) is 22.7 Å². The molecule has 1 aromatic rings. The van der Waals surface area contributed by atoms with Crippen LogP contribution in [0.4, 0.5) is 0 Å². The molecule has 0 saturated heterocycles. The maximum absolute atomic E-state index is 5.96. The molecule has 0 amide bonds. The van der Waals surface area contributed by atoms with Crippen LogP contribution in [-0.4, -0.2) is 24.0 Å². The second-order valence-electron chi connectivity index (χ2n) is 5.58. The number of nitrogens with two attached hydrogens (primary N) is 1. The molecule has 1 aliphatic carbocycles. The Morgan fingerprint density at radius 3 is 2.56 bits per heavy atom. The molecule has 2 nitrogen and oxygen atoms in total. The van der Waals surface area contributed by atoms with E-state index in [4.69, 9.17) is 5.73 Å². The first-order valence-electron chi connectivity index (χ1n) is 6.77. The third-order valence-corrected chi connectivity index (χ3v) is 4.73. The predicted octanol–water partition coefficient (Wildman–Crippen LogP) is 3.46. The standard InChI is InChI=1S/C15H23BrN2/c1-11-3-4-12(15(16)9-11)10-18(2)14-7-5-13(17)6-8-14/h3-4,9,13-14H,5-8,10,17H2,1-2H3. The summed E-state index contributed by atoms with van der Waals surface area (Å²) in [6, 6.07) is 7.73. The van der Waals surface area contributed by atoms with Gasteiger partial charge in [0, 0.05) is 23.1 Å². The van der Waals surface area contributed by atoms with Gasteiger partial charge in [-0.2, -0.15) is 0 Å². The molecule has 2 N–H and O–H groups in total. The van der Waals surface area contributed by atoms with Gasteiger partial charge in [-0.3, -0.25) is 4.90 Å². The maximum Gasteiger partial charge on any atom is 0.0244 e. The van der Waals surface area contributed by atoms with E-state index < -0.39 is 0 Å². The summed E-state index contributed by atoms with van der Waals surface area (Å²) in [6.07, 6.45) is 4.82. The Morgan fingerprint density at radius 2 is 1.94 bits per heavy atom. The van der Waals surface area contributed by atoms with Gasteiger partial charge in [-0.1, -0.05) is 28.1 Å². The maximum atomic E-state index is 5.96. The smallest absolute Gasteiger partial charge is 0.0244 e. The van der Waals surface area contributed by atoms with Gasteiger partial charge in [-0.05, 0) is 56.8 Å². The lowest BCUT2D eigenvalue weighted by atomic mass is 9.91. The molecule has 1 fully saturated rings. The zero-order valence-electron chi connectivity index (χ0n) is 11.3. The van der Waals surface area contributed by atoms with Crippen LogP contribution < -0.4 is 5.73 Å². The summed E-state index contributed by atoms with van der Waals surface area (Å²) < 4.78 is 1.22. The monoisotopic (exact) mass is 310 g/mol. The highest BCUT2D eigenvalue weighted by Crippen LogP contribution is 2.25. The van der Waals surface area contributed by atoms with Gasteiger partial charge in [0.05, 0.1) is 0 Å². The van der Waals surface area contributed by atoms with Crippen LogP contribution in [0.3, 0.4) is 0 Å². The van der Waals surface area contributed by atoms with E-state index in [9.17, 15) is 0 Å². The Bertz CT molecular complexity index is 397. The Balaban J connectivity index is 1.96. The first-order valence-corrected chi connectivity index (χ1v) is 7.56. The van der Waals surface area contributed by atoms with Gasteiger partial charge >= 0.3 is 0 Å². The zero-order valence-corrected chi connectivity index (χ0v) is 12.9. The molecule has 0 heterocycles. The topological polar surface area (TPSA) is 29.3 Å². The summed E-state index contributed by atoms with van der Waals surface area (Å²) in [4.78, 5) is 2.47. The molecule has 1 saturated carbocycles. The second-order valence-corrected chi connectivity index (χ2v) is 6.43. The van der Waals surface area contributed by atoms with E-state index in [1.54, 1.807) is 0 Å². The number of hydrogen-bond acceptors (Lipinski definition) is 2. The Morgan fingerprint density at radius 1 is 1.28 bits per heavy atom. The average molecular weight is 311 g/mol. The van der Waals surface area contributed by atoms with Crippen molar-refractivity contribution < 1.29 is 0 Å². The molecule has 3 heteroatoms. The molecule has 18 heavy (non-hydrogen) atoms. The van der Waals surface area contributed by atoms with Crippen LogP contribution in [-0.2, 0) is 6.54 Å². The molecule has 1 aromatic carbocycles. The first kappa shape index (κ1) is 14.0. The molecule has 0 atom stereocenters. The fourth-order valence-corrected chi connectivity index (χ4v) is 3.34. The van der Waals surface area contributed by atoms with Crippen molar-refractivity contribution in [1.29, 1.82) is 0 Å². The lowest BCUT2D eigenvalue weighted by molar-refractivity contribution is 0.176. The van der Waals surface area contributed by atoms with Gasteiger partial charge in [0.25, 0.3) is 0 Å². The summed E-state index contributed by atoms with van der Waals surface area (Å²) >= 11 is 3.66. The number of aryl methyl sites for hydroxylation is 1. The average Bonchev–Trinajstić information content (AvgIpc) is 2.33. The minimum absolute atomic E-state index is 0.431. The fourth-order valence-electron chi connectivity index (χ4n) is 2.72. The van der Waals surface area contributed by atoms with Gasteiger partial charge in [-0.25, -0.2) is 0 Å². The molecule has 0 spiro atoms. The molecular weight excluding hydrogens is 288 g/mol. The predicted molar refractivity (Wildman–Crippen MR) is 80.6 cm³/mol. The lowest BCUT2D eigenvalue weighted by Crippen LogP contribution is -2.38. The molecule has 0 aliphatic heterocycles. The van der Waals surface area contributed by atoms with Crippen molar-refractivity contribution in [3.63, 3.8) is 0 Å². The van der Waals surface area contributed by atoms with Crippen LogP contribution in [0.2, 0.25) is 0 Å². The van der Waals surface area contributed by atoms with Crippen molar-refractivity contribution in [3.8, 4) is 0 Å². The van der Waals surface area contributed by atoms with Gasteiger partial charge in [0.15, 0.2) is 0 Å². The van der Waals surface area contributed by atoms with Crippen LogP contribution in [0.5, 0.6) is 0 Å². The van der Waals surface area contributed by atoms with Crippen LogP contribution in [0.1, 0.15) is 36.8 Å². The highest BCUT2D eigenvalue weighted by molar-refractivity contribution is 9.10. The Hall–Kier alpha value is -0.380. The van der Waals surface area contributed by atoms with Gasteiger partial charge in [0.2, 0.25) is 0 Å². The zero-order chi connectivity index (χ0) is 13.1. The van der Waals surface area contributed by atoms with Crippen molar-refractivity contribution in [1.82, 2.24) is 4.90 Å². The lowest BCUT2D eigenvalue weighted by Gasteiger charge is -2.33. The second kappa shape index (κ2) is 6.18. The summed E-state index contributed by atoms with van der Waals surface area (Å²) in [5, 5.41) is 0. The Kier molecular flexibility index (Phi) is 4.82. The summed E-state index contributed by atoms with van der Waals surface area (Å²) in [7, 11) is 2.23. The van der Waals surface area contributed by atoms with Crippen LogP contribution in [0.25, 0.3) is 0 Å². The number of halogens is 1. The largest absolute Gasteiger partial charge is 0.328 e. The van der Waals surface area contributed by atoms with Gasteiger partial charge in [0.1, 0.15) is 0 Å². The van der Waals surface area contributed by atoms with Gasteiger partial charge < -0.3 is 5.73 Å². The van der Waals surface area contributed by atoms with Crippen LogP contribution >= 0.6 is 15.9 Å². The van der Waals surface area contributed by atoms with Crippen LogP contribution in [0, 0.1) is 6.92 Å². The van der Waals surface area contributed by atoms with E-state index in [0.29, 0.717) is 12.1 Å². The van der Waals surface area contributed by atoms with Crippen molar-refractivity contribution in [2.45, 2.75) is 51.2 Å². The fraction of sp³-hybridized carbons (Fsp3) is 0.600. The molecule has 0 bridgehead atoms. The minimum atomic E-state index is 0.431. The highest BCUT2D eigenvalue weighted by Gasteiger charge is 2.22. The summed E-state index contributed by atoms with van der Waals surface area (Å²) in [5.41, 5.74) is 8.64. The van der Waals surface area contributed by atoms with E-state index in [1.807, 2.05) is 0 Å². The normalized spacial score (nSPS) is 24.5. The summed E-state index contributed by atoms with van der Waals surface area (Å²) in [6.45, 7) is 3.14. The van der Waals surface area contributed by atoms with E-state index in [-0.39, 0.29) is 0 Å². The number of benzene rings is 1. The third kappa shape index (κ3) is 3.56. The van der Waals surface area contributed by atoms with E-state index in [1.165, 1.54) is 41.3 Å². The van der Waals surface area contributed by atoms with Crippen molar-refractivity contribution in [3.05, 3.63) is 33.8 Å². The van der Waals surface area contributed by atoms with Crippen molar-refractivity contribution in [2.75, 3.05) is 7.05 Å². The molecule has 0 aromatic heterocycles. The molecule has 100 valence electrons. The molecule has 1 aliphatic rings.